The predicted octanol–water partition coefficient (Wildman–Crippen LogP) is 2.79. The van der Waals surface area contributed by atoms with Crippen molar-refractivity contribution in [1.82, 2.24) is 20.6 Å². The summed E-state index contributed by atoms with van der Waals surface area (Å²) in [7, 11) is 0. The van der Waals surface area contributed by atoms with Crippen molar-refractivity contribution in [2.45, 2.75) is 46.1 Å². The molecule has 0 fully saturated rings. The maximum absolute atomic E-state index is 12.7. The minimum Gasteiger partial charge on any atom is -0.294 e. The lowest BCUT2D eigenvalue weighted by Crippen LogP contribution is -2.42. The molecule has 0 bridgehead atoms. The average Bonchev–Trinajstić information content (AvgIpc) is 2.83. The summed E-state index contributed by atoms with van der Waals surface area (Å²) in [5.41, 5.74) is 6.10. The number of aromatic nitrogens is 2. The molecule has 0 aliphatic heterocycles. The highest BCUT2D eigenvalue weighted by Crippen LogP contribution is 2.13. The molecule has 8 heteroatoms. The minimum atomic E-state index is -0.638. The van der Waals surface area contributed by atoms with Gasteiger partial charge in [0.15, 0.2) is 11.5 Å². The van der Waals surface area contributed by atoms with Gasteiger partial charge in [-0.05, 0) is 24.5 Å². The Labute approximate surface area is 185 Å². The number of aryl methyl sites for hydroxylation is 2. The van der Waals surface area contributed by atoms with Gasteiger partial charge in [-0.25, -0.2) is 4.68 Å². The third-order valence-corrected chi connectivity index (χ3v) is 5.10. The minimum absolute atomic E-state index is 0.0235. The third-order valence-electron chi connectivity index (χ3n) is 5.10. The molecule has 0 saturated carbocycles. The van der Waals surface area contributed by atoms with Crippen LogP contribution in [0.3, 0.4) is 0 Å². The van der Waals surface area contributed by atoms with Crippen LogP contribution in [0.25, 0.3) is 10.8 Å². The van der Waals surface area contributed by atoms with Crippen LogP contribution in [-0.2, 0) is 17.8 Å². The number of fused-ring (bicyclic) bond motifs is 1. The van der Waals surface area contributed by atoms with Crippen molar-refractivity contribution >= 4 is 28.4 Å². The van der Waals surface area contributed by atoms with E-state index in [2.05, 4.69) is 16.0 Å². The van der Waals surface area contributed by atoms with E-state index >= 15 is 0 Å². The molecule has 0 spiro atoms. The molecule has 1 aromatic heterocycles. The first-order valence-corrected chi connectivity index (χ1v) is 10.7. The molecule has 0 radical (unpaired) electrons. The molecule has 0 saturated heterocycles. The Morgan fingerprint density at radius 1 is 0.906 bits per heavy atom. The van der Waals surface area contributed by atoms with E-state index in [0.717, 1.165) is 12.0 Å². The van der Waals surface area contributed by atoms with Gasteiger partial charge in [-0.15, -0.1) is 0 Å². The van der Waals surface area contributed by atoms with Crippen LogP contribution in [0.15, 0.2) is 53.3 Å². The zero-order valence-corrected chi connectivity index (χ0v) is 18.2. The van der Waals surface area contributed by atoms with E-state index in [0.29, 0.717) is 29.3 Å². The van der Waals surface area contributed by atoms with Crippen LogP contribution < -0.4 is 16.4 Å². The first-order chi connectivity index (χ1) is 15.4. The monoisotopic (exact) mass is 434 g/mol. The Morgan fingerprint density at radius 2 is 1.59 bits per heavy atom. The van der Waals surface area contributed by atoms with Gasteiger partial charge in [-0.1, -0.05) is 56.3 Å². The number of carbonyl (C=O) groups excluding carboxylic acids is 3. The molecule has 0 aliphatic rings. The summed E-state index contributed by atoms with van der Waals surface area (Å²) in [5, 5.41) is 4.97. The largest absolute Gasteiger partial charge is 0.294 e. The van der Waals surface area contributed by atoms with E-state index in [-0.39, 0.29) is 29.9 Å². The normalized spacial score (nSPS) is 10.7. The summed E-state index contributed by atoms with van der Waals surface area (Å²) in [6.07, 6.45) is 1.52. The first kappa shape index (κ1) is 22.9. The summed E-state index contributed by atoms with van der Waals surface area (Å²) >= 11 is 0. The molecule has 0 unspecified atom stereocenters. The Hall–Kier alpha value is -3.81. The van der Waals surface area contributed by atoms with Crippen LogP contribution in [0.5, 0.6) is 0 Å². The third kappa shape index (κ3) is 5.26. The topological polar surface area (TPSA) is 110 Å². The number of Topliss-reactive ketones (excluding diaryl/α,β-unsaturated/α-hetero) is 1. The van der Waals surface area contributed by atoms with E-state index in [1.54, 1.807) is 36.4 Å². The second kappa shape index (κ2) is 10.5. The number of nitrogens with zero attached hydrogens (tertiary/aromatic N) is 2. The van der Waals surface area contributed by atoms with E-state index in [1.807, 2.05) is 26.0 Å². The van der Waals surface area contributed by atoms with E-state index in [9.17, 15) is 19.2 Å². The highest BCUT2D eigenvalue weighted by atomic mass is 16.2. The van der Waals surface area contributed by atoms with Crippen LogP contribution in [0.2, 0.25) is 0 Å². The standard InChI is InChI=1S/C24H26N4O4/c1-3-15-28-24(32)19-8-6-5-7-18(19)22(27-28)23(31)26-25-21(30)14-13-20(29)17-11-9-16(4-2)10-12-17/h5-12H,3-4,13-15H2,1-2H3,(H,25,30)(H,26,31). The van der Waals surface area contributed by atoms with Crippen molar-refractivity contribution in [1.29, 1.82) is 0 Å². The molecule has 1 heterocycles. The number of carbonyl (C=O) groups is 3. The summed E-state index contributed by atoms with van der Waals surface area (Å²) < 4.78 is 1.25. The molecule has 0 atom stereocenters. The molecule has 3 rings (SSSR count). The van der Waals surface area contributed by atoms with Crippen molar-refractivity contribution in [3.05, 3.63) is 75.7 Å². The lowest BCUT2D eigenvalue weighted by molar-refractivity contribution is -0.121. The van der Waals surface area contributed by atoms with Crippen molar-refractivity contribution in [3.63, 3.8) is 0 Å². The number of benzene rings is 2. The zero-order valence-electron chi connectivity index (χ0n) is 18.2. The lowest BCUT2D eigenvalue weighted by atomic mass is 10.0. The van der Waals surface area contributed by atoms with Gasteiger partial charge in [0.05, 0.1) is 5.39 Å². The van der Waals surface area contributed by atoms with Gasteiger partial charge in [0.1, 0.15) is 0 Å². The second-order valence-corrected chi connectivity index (χ2v) is 7.40. The van der Waals surface area contributed by atoms with Crippen LogP contribution in [0, 0.1) is 0 Å². The van der Waals surface area contributed by atoms with E-state index in [1.165, 1.54) is 4.68 Å². The van der Waals surface area contributed by atoms with Crippen molar-refractivity contribution in [2.24, 2.45) is 0 Å². The number of rotatable bonds is 8. The Balaban J connectivity index is 1.63. The Morgan fingerprint density at radius 3 is 2.25 bits per heavy atom. The fourth-order valence-corrected chi connectivity index (χ4v) is 3.31. The van der Waals surface area contributed by atoms with Gasteiger partial charge in [-0.2, -0.15) is 5.10 Å². The van der Waals surface area contributed by atoms with Gasteiger partial charge >= 0.3 is 0 Å². The molecular weight excluding hydrogens is 408 g/mol. The number of hydrogen-bond acceptors (Lipinski definition) is 5. The van der Waals surface area contributed by atoms with Crippen molar-refractivity contribution in [2.75, 3.05) is 0 Å². The van der Waals surface area contributed by atoms with Crippen molar-refractivity contribution in [3.8, 4) is 0 Å². The SMILES string of the molecule is CCCn1nc(C(=O)NNC(=O)CCC(=O)c2ccc(CC)cc2)c2ccccc2c1=O. The molecule has 166 valence electrons. The lowest BCUT2D eigenvalue weighted by Gasteiger charge is -2.11. The second-order valence-electron chi connectivity index (χ2n) is 7.40. The van der Waals surface area contributed by atoms with Gasteiger partial charge in [0, 0.05) is 30.3 Å². The quantitative estimate of drug-likeness (QED) is 0.418. The van der Waals surface area contributed by atoms with Gasteiger partial charge < -0.3 is 0 Å². The first-order valence-electron chi connectivity index (χ1n) is 10.7. The number of hydrogen-bond donors (Lipinski definition) is 2. The molecule has 32 heavy (non-hydrogen) atoms. The van der Waals surface area contributed by atoms with Crippen LogP contribution in [0.1, 0.15) is 59.5 Å². The maximum Gasteiger partial charge on any atom is 0.290 e. The predicted molar refractivity (Wildman–Crippen MR) is 121 cm³/mol. The fourth-order valence-electron chi connectivity index (χ4n) is 3.31. The molecule has 2 N–H and O–H groups in total. The highest BCUT2D eigenvalue weighted by Gasteiger charge is 2.17. The zero-order chi connectivity index (χ0) is 23.1. The molecule has 2 aromatic carbocycles. The van der Waals surface area contributed by atoms with Crippen LogP contribution >= 0.6 is 0 Å². The molecule has 2 amide bonds. The summed E-state index contributed by atoms with van der Waals surface area (Å²) in [5.74, 6) is -1.28. The molecule has 3 aromatic rings. The smallest absolute Gasteiger partial charge is 0.290 e. The Bertz CT molecular complexity index is 1200. The fraction of sp³-hybridized carbons (Fsp3) is 0.292. The van der Waals surface area contributed by atoms with Crippen LogP contribution in [-0.4, -0.2) is 27.4 Å². The molecule has 8 nitrogen and oxygen atoms in total. The van der Waals surface area contributed by atoms with E-state index in [4.69, 9.17) is 0 Å². The van der Waals surface area contributed by atoms with Gasteiger partial charge in [-0.3, -0.25) is 30.0 Å². The molecular formula is C24H26N4O4. The summed E-state index contributed by atoms with van der Waals surface area (Å²) in [6, 6.07) is 14.0. The van der Waals surface area contributed by atoms with Crippen LogP contribution in [0.4, 0.5) is 0 Å². The summed E-state index contributed by atoms with van der Waals surface area (Å²) in [6.45, 7) is 4.31. The maximum atomic E-state index is 12.7. The number of amides is 2. The van der Waals surface area contributed by atoms with Gasteiger partial charge in [0.25, 0.3) is 11.5 Å². The number of ketones is 1. The highest BCUT2D eigenvalue weighted by molar-refractivity contribution is 6.05. The van der Waals surface area contributed by atoms with Crippen molar-refractivity contribution < 1.29 is 14.4 Å². The average molecular weight is 434 g/mol. The number of nitrogens with one attached hydrogen (secondary N) is 2. The summed E-state index contributed by atoms with van der Waals surface area (Å²) in [4.78, 5) is 49.6. The van der Waals surface area contributed by atoms with E-state index < -0.39 is 11.8 Å². The van der Waals surface area contributed by atoms with Gasteiger partial charge in [0.2, 0.25) is 5.91 Å². The molecule has 0 aliphatic carbocycles. The Kier molecular flexibility index (Phi) is 7.49. The number of hydrazine groups is 1.